The maximum Gasteiger partial charge on any atom is 0.268 e. The van der Waals surface area contributed by atoms with Crippen LogP contribution in [0.2, 0.25) is 0 Å². The second kappa shape index (κ2) is 8.74. The second-order valence-electron chi connectivity index (χ2n) is 8.16. The molecule has 0 saturated heterocycles. The molecule has 3 aromatic carbocycles. The number of nitrogens with one attached hydrogen (secondary N) is 3. The highest BCUT2D eigenvalue weighted by Crippen LogP contribution is 2.35. The van der Waals surface area contributed by atoms with Gasteiger partial charge in [0.25, 0.3) is 11.8 Å². The van der Waals surface area contributed by atoms with Gasteiger partial charge in [0.1, 0.15) is 18.3 Å². The van der Waals surface area contributed by atoms with Crippen LogP contribution in [0.15, 0.2) is 84.9 Å². The molecule has 170 valence electrons. The summed E-state index contributed by atoms with van der Waals surface area (Å²) in [5, 5.41) is 7.19. The molecule has 5 N–H and O–H groups in total. The van der Waals surface area contributed by atoms with Gasteiger partial charge in [-0.3, -0.25) is 19.3 Å². The van der Waals surface area contributed by atoms with E-state index in [2.05, 4.69) is 15.6 Å². The Kier molecular flexibility index (Phi) is 5.47. The lowest BCUT2D eigenvalue weighted by molar-refractivity contribution is -0.123. The molecule has 0 fully saturated rings. The van der Waals surface area contributed by atoms with Gasteiger partial charge < -0.3 is 21.4 Å². The fourth-order valence-corrected chi connectivity index (χ4v) is 4.33. The van der Waals surface area contributed by atoms with E-state index in [0.29, 0.717) is 17.1 Å². The van der Waals surface area contributed by atoms with Gasteiger partial charge in [-0.25, -0.2) is 0 Å². The quantitative estimate of drug-likeness (QED) is 0.371. The summed E-state index contributed by atoms with van der Waals surface area (Å²) in [5.74, 6) is -1.51. The number of rotatable bonds is 5. The molecule has 2 heterocycles. The van der Waals surface area contributed by atoms with Crippen molar-refractivity contribution < 1.29 is 14.4 Å². The Morgan fingerprint density at radius 1 is 0.941 bits per heavy atom. The molecule has 0 aliphatic carbocycles. The first kappa shape index (κ1) is 21.3. The molecule has 34 heavy (non-hydrogen) atoms. The molecule has 8 heteroatoms. The van der Waals surface area contributed by atoms with E-state index < -0.39 is 29.8 Å². The van der Waals surface area contributed by atoms with E-state index in [0.717, 1.165) is 16.5 Å². The van der Waals surface area contributed by atoms with Crippen LogP contribution in [-0.2, 0) is 9.59 Å². The number of carbonyl (C=O) groups is 3. The Morgan fingerprint density at radius 3 is 2.41 bits per heavy atom. The van der Waals surface area contributed by atoms with Gasteiger partial charge in [-0.15, -0.1) is 0 Å². The number of hydrogen-bond donors (Lipinski definition) is 4. The lowest BCUT2D eigenvalue weighted by Crippen LogP contribution is -2.53. The van der Waals surface area contributed by atoms with Crippen LogP contribution in [0.3, 0.4) is 0 Å². The predicted octanol–water partition coefficient (Wildman–Crippen LogP) is 2.95. The Bertz CT molecular complexity index is 1350. The average Bonchev–Trinajstić information content (AvgIpc) is 3.25. The molecule has 1 aliphatic rings. The van der Waals surface area contributed by atoms with Crippen molar-refractivity contribution in [3.8, 4) is 0 Å². The molecular formula is C26H23N5O3. The van der Waals surface area contributed by atoms with Crippen LogP contribution in [0.25, 0.3) is 10.9 Å². The monoisotopic (exact) mass is 453 g/mol. The Morgan fingerprint density at radius 2 is 1.65 bits per heavy atom. The molecule has 1 aliphatic heterocycles. The van der Waals surface area contributed by atoms with Crippen LogP contribution in [0, 0.1) is 0 Å². The minimum Gasteiger partial charge on any atom is -0.374 e. The molecule has 0 radical (unpaired) electrons. The van der Waals surface area contributed by atoms with E-state index in [1.807, 2.05) is 66.7 Å². The van der Waals surface area contributed by atoms with E-state index in [9.17, 15) is 14.4 Å². The minimum absolute atomic E-state index is 0.308. The van der Waals surface area contributed by atoms with Crippen LogP contribution in [0.4, 0.5) is 11.4 Å². The molecule has 1 aromatic heterocycles. The maximum atomic E-state index is 13.8. The summed E-state index contributed by atoms with van der Waals surface area (Å²) in [5.41, 5.74) is 8.63. The number of hydrogen-bond acceptors (Lipinski definition) is 4. The van der Waals surface area contributed by atoms with Crippen molar-refractivity contribution in [3.05, 3.63) is 96.2 Å². The first-order chi connectivity index (χ1) is 16.5. The molecule has 0 spiro atoms. The highest BCUT2D eigenvalue weighted by molar-refractivity contribution is 6.08. The summed E-state index contributed by atoms with van der Waals surface area (Å²) in [6.45, 7) is -0.308. The molecule has 0 saturated carbocycles. The second-order valence-corrected chi connectivity index (χ2v) is 8.16. The number of fused-ring (bicyclic) bond motifs is 2. The number of amides is 3. The van der Waals surface area contributed by atoms with Crippen molar-refractivity contribution in [2.45, 2.75) is 12.1 Å². The molecule has 0 unspecified atom stereocenters. The van der Waals surface area contributed by atoms with Crippen molar-refractivity contribution in [1.82, 2.24) is 10.3 Å². The number of carbonyl (C=O) groups excluding carboxylic acids is 3. The van der Waals surface area contributed by atoms with E-state index in [1.54, 1.807) is 18.2 Å². The number of anilines is 2. The van der Waals surface area contributed by atoms with Crippen molar-refractivity contribution >= 4 is 40.0 Å². The van der Waals surface area contributed by atoms with Crippen molar-refractivity contribution in [3.63, 3.8) is 0 Å². The van der Waals surface area contributed by atoms with Crippen LogP contribution in [-0.4, -0.2) is 35.3 Å². The van der Waals surface area contributed by atoms with Crippen molar-refractivity contribution in [2.75, 3.05) is 16.8 Å². The zero-order valence-electron chi connectivity index (χ0n) is 18.2. The molecule has 5 rings (SSSR count). The van der Waals surface area contributed by atoms with Gasteiger partial charge in [-0.2, -0.15) is 0 Å². The molecule has 8 nitrogen and oxygen atoms in total. The summed E-state index contributed by atoms with van der Waals surface area (Å²) in [7, 11) is 0. The number of nitrogens with zero attached hydrogens (tertiary/aromatic N) is 1. The third-order valence-corrected chi connectivity index (χ3v) is 5.91. The normalized spacial score (nSPS) is 17.5. The summed E-state index contributed by atoms with van der Waals surface area (Å²) in [6.07, 6.45) is 0. The number of aromatic amines is 1. The van der Waals surface area contributed by atoms with Gasteiger partial charge in [0.05, 0.1) is 17.4 Å². The lowest BCUT2D eigenvalue weighted by Gasteiger charge is -2.28. The Balaban J connectivity index is 1.57. The fourth-order valence-electron chi connectivity index (χ4n) is 4.33. The average molecular weight is 454 g/mol. The molecule has 4 aromatic rings. The Hall–Kier alpha value is -4.59. The van der Waals surface area contributed by atoms with Crippen LogP contribution in [0.5, 0.6) is 0 Å². The maximum absolute atomic E-state index is 13.8. The molecule has 0 bridgehead atoms. The summed E-state index contributed by atoms with van der Waals surface area (Å²) < 4.78 is 0. The van der Waals surface area contributed by atoms with Crippen molar-refractivity contribution in [2.24, 2.45) is 5.73 Å². The van der Waals surface area contributed by atoms with Crippen LogP contribution >= 0.6 is 0 Å². The van der Waals surface area contributed by atoms with E-state index in [1.165, 1.54) is 4.90 Å². The topological polar surface area (TPSA) is 120 Å². The third-order valence-electron chi connectivity index (χ3n) is 5.91. The predicted molar refractivity (Wildman–Crippen MR) is 130 cm³/mol. The number of para-hydroxylation sites is 3. The molecule has 2 atom stereocenters. The SMILES string of the molecule is NC(=O)CN1C(=O)[C@H](NC(=O)c2cc3ccccc3[nH]2)[C@H](c2ccccc2)Nc2ccccc21. The highest BCUT2D eigenvalue weighted by atomic mass is 16.2. The molecule has 3 amide bonds. The largest absolute Gasteiger partial charge is 0.374 e. The standard InChI is InChI=1S/C26H23N5O3/c27-22(32)15-31-21-13-7-6-12-19(21)29-23(16-8-2-1-3-9-16)24(26(31)34)30-25(33)20-14-17-10-4-5-11-18(17)28-20/h1-14,23-24,28-29H,15H2,(H2,27,32)(H,30,33)/t23-,24+/m0/s1. The van der Waals surface area contributed by atoms with Crippen molar-refractivity contribution in [1.29, 1.82) is 0 Å². The number of H-pyrrole nitrogens is 1. The van der Waals surface area contributed by atoms with Crippen LogP contribution < -0.4 is 21.3 Å². The fraction of sp³-hybridized carbons (Fsp3) is 0.115. The summed E-state index contributed by atoms with van der Waals surface area (Å²) in [4.78, 5) is 43.4. The number of aromatic nitrogens is 1. The first-order valence-corrected chi connectivity index (χ1v) is 10.9. The highest BCUT2D eigenvalue weighted by Gasteiger charge is 2.39. The summed E-state index contributed by atoms with van der Waals surface area (Å²) in [6, 6.07) is 24.3. The van der Waals surface area contributed by atoms with E-state index >= 15 is 0 Å². The first-order valence-electron chi connectivity index (χ1n) is 10.9. The van der Waals surface area contributed by atoms with Gasteiger partial charge in [0, 0.05) is 10.9 Å². The number of benzene rings is 3. The Labute approximate surface area is 195 Å². The van der Waals surface area contributed by atoms with Gasteiger partial charge in [0.15, 0.2) is 0 Å². The zero-order valence-corrected chi connectivity index (χ0v) is 18.2. The van der Waals surface area contributed by atoms with Gasteiger partial charge in [0.2, 0.25) is 5.91 Å². The van der Waals surface area contributed by atoms with E-state index in [-0.39, 0.29) is 6.54 Å². The smallest absolute Gasteiger partial charge is 0.268 e. The van der Waals surface area contributed by atoms with Gasteiger partial charge >= 0.3 is 0 Å². The van der Waals surface area contributed by atoms with Gasteiger partial charge in [-0.1, -0.05) is 60.7 Å². The zero-order chi connectivity index (χ0) is 23.7. The van der Waals surface area contributed by atoms with E-state index in [4.69, 9.17) is 5.73 Å². The lowest BCUT2D eigenvalue weighted by atomic mass is 9.98. The third kappa shape index (κ3) is 3.97. The number of primary amides is 1. The van der Waals surface area contributed by atoms with Gasteiger partial charge in [-0.05, 0) is 29.8 Å². The number of nitrogens with two attached hydrogens (primary N) is 1. The van der Waals surface area contributed by atoms with Crippen LogP contribution in [0.1, 0.15) is 22.1 Å². The minimum atomic E-state index is -1.01. The summed E-state index contributed by atoms with van der Waals surface area (Å²) >= 11 is 0. The molecular weight excluding hydrogens is 430 g/mol.